The highest BCUT2D eigenvalue weighted by Crippen LogP contribution is 2.47. The lowest BCUT2D eigenvalue weighted by atomic mass is 9.84. The van der Waals surface area contributed by atoms with E-state index in [4.69, 9.17) is 14.9 Å². The third kappa shape index (κ3) is 2.97. The predicted molar refractivity (Wildman–Crippen MR) is 104 cm³/mol. The Balaban J connectivity index is 0.00000196. The molecule has 0 aliphatic heterocycles. The van der Waals surface area contributed by atoms with Crippen molar-refractivity contribution in [3.63, 3.8) is 0 Å². The van der Waals surface area contributed by atoms with Crippen molar-refractivity contribution in [3.8, 4) is 5.75 Å². The van der Waals surface area contributed by atoms with Gasteiger partial charge in [0.2, 0.25) is 5.91 Å². The molecule has 5 unspecified atom stereocenters. The molecule has 6 heteroatoms. The summed E-state index contributed by atoms with van der Waals surface area (Å²) in [6.07, 6.45) is 3.42. The van der Waals surface area contributed by atoms with E-state index in [0.717, 1.165) is 40.9 Å². The summed E-state index contributed by atoms with van der Waals surface area (Å²) >= 11 is 0. The molecular weight excluding hydrogens is 352 g/mol. The molecule has 3 N–H and O–H groups in total. The number of fused-ring (bicyclic) bond motifs is 3. The molecule has 5 nitrogen and oxygen atoms in total. The van der Waals surface area contributed by atoms with Gasteiger partial charge in [0.25, 0.3) is 0 Å². The van der Waals surface area contributed by atoms with Crippen LogP contribution in [0.1, 0.15) is 43.6 Å². The Labute approximate surface area is 160 Å². The molecule has 1 aromatic carbocycles. The highest BCUT2D eigenvalue weighted by molar-refractivity contribution is 5.85. The van der Waals surface area contributed by atoms with Crippen molar-refractivity contribution in [2.24, 2.45) is 23.5 Å². The fraction of sp³-hybridized carbons (Fsp3) is 0.550. The highest BCUT2D eigenvalue weighted by atomic mass is 35.5. The molecule has 4 rings (SSSR count). The zero-order chi connectivity index (χ0) is 17.7. The smallest absolute Gasteiger partial charge is 0.225 e. The van der Waals surface area contributed by atoms with E-state index in [1.54, 1.807) is 7.11 Å². The van der Waals surface area contributed by atoms with Gasteiger partial charge in [0.15, 0.2) is 0 Å². The Bertz CT molecular complexity index is 817. The Morgan fingerprint density at radius 2 is 2.08 bits per heavy atom. The second kappa shape index (κ2) is 7.12. The molecule has 26 heavy (non-hydrogen) atoms. The maximum Gasteiger partial charge on any atom is 0.225 e. The highest BCUT2D eigenvalue weighted by Gasteiger charge is 2.49. The molecule has 0 saturated heterocycles. The molecule has 5 atom stereocenters. The van der Waals surface area contributed by atoms with Crippen LogP contribution in [0, 0.1) is 24.7 Å². The molecule has 2 bridgehead atoms. The maximum atomic E-state index is 12.8. The van der Waals surface area contributed by atoms with Crippen molar-refractivity contribution in [1.29, 1.82) is 0 Å². The van der Waals surface area contributed by atoms with Crippen molar-refractivity contribution < 1.29 is 13.9 Å². The van der Waals surface area contributed by atoms with Gasteiger partial charge in [-0.05, 0) is 63.1 Å². The molecule has 0 radical (unpaired) electrons. The molecule has 1 aromatic heterocycles. The molecule has 0 spiro atoms. The van der Waals surface area contributed by atoms with E-state index in [0.29, 0.717) is 11.8 Å². The zero-order valence-electron chi connectivity index (χ0n) is 15.5. The number of amides is 1. The summed E-state index contributed by atoms with van der Waals surface area (Å²) in [5.74, 6) is 2.60. The molecule has 2 aromatic rings. The lowest BCUT2D eigenvalue weighted by Crippen LogP contribution is -2.45. The number of furan rings is 1. The van der Waals surface area contributed by atoms with Crippen LogP contribution in [0.25, 0.3) is 11.0 Å². The SMILES string of the molecule is COc1ccc2oc(C(C)NC(=O)C3C4CCC(C4)C3N)c(C)c2c1.Cl. The number of aryl methyl sites for hydroxylation is 1. The van der Waals surface area contributed by atoms with Gasteiger partial charge in [0.05, 0.1) is 19.1 Å². The first-order chi connectivity index (χ1) is 12.0. The van der Waals surface area contributed by atoms with Gasteiger partial charge in [-0.3, -0.25) is 4.79 Å². The van der Waals surface area contributed by atoms with Crippen molar-refractivity contribution in [3.05, 3.63) is 29.5 Å². The van der Waals surface area contributed by atoms with Crippen molar-refractivity contribution in [1.82, 2.24) is 5.32 Å². The van der Waals surface area contributed by atoms with E-state index in [2.05, 4.69) is 5.32 Å². The number of carbonyl (C=O) groups excluding carboxylic acids is 1. The van der Waals surface area contributed by atoms with Gasteiger partial charge < -0.3 is 20.2 Å². The normalized spacial score (nSPS) is 28.0. The summed E-state index contributed by atoms with van der Waals surface area (Å²) < 4.78 is 11.3. The number of carbonyl (C=O) groups is 1. The Morgan fingerprint density at radius 1 is 1.35 bits per heavy atom. The van der Waals surface area contributed by atoms with E-state index in [9.17, 15) is 4.79 Å². The largest absolute Gasteiger partial charge is 0.497 e. The number of rotatable bonds is 4. The minimum Gasteiger partial charge on any atom is -0.497 e. The van der Waals surface area contributed by atoms with E-state index < -0.39 is 0 Å². The number of nitrogens with two attached hydrogens (primary N) is 1. The minimum atomic E-state index is -0.183. The fourth-order valence-corrected chi connectivity index (χ4v) is 4.86. The van der Waals surface area contributed by atoms with Crippen LogP contribution in [0.4, 0.5) is 0 Å². The van der Waals surface area contributed by atoms with Crippen LogP contribution in [0.2, 0.25) is 0 Å². The second-order valence-corrected chi connectivity index (χ2v) is 7.62. The summed E-state index contributed by atoms with van der Waals surface area (Å²) in [5, 5.41) is 4.16. The number of ether oxygens (including phenoxy) is 1. The van der Waals surface area contributed by atoms with E-state index in [1.807, 2.05) is 32.0 Å². The van der Waals surface area contributed by atoms with Crippen LogP contribution in [-0.2, 0) is 4.79 Å². The Hall–Kier alpha value is -1.72. The number of hydrogen-bond donors (Lipinski definition) is 2. The molecule has 142 valence electrons. The summed E-state index contributed by atoms with van der Waals surface area (Å²) in [7, 11) is 1.65. The van der Waals surface area contributed by atoms with E-state index in [-0.39, 0.29) is 36.3 Å². The second-order valence-electron chi connectivity index (χ2n) is 7.62. The number of halogens is 1. The van der Waals surface area contributed by atoms with Gasteiger partial charge in [-0.15, -0.1) is 12.4 Å². The van der Waals surface area contributed by atoms with Gasteiger partial charge in [0, 0.05) is 17.0 Å². The Morgan fingerprint density at radius 3 is 2.73 bits per heavy atom. The molecule has 2 aliphatic carbocycles. The molecule has 1 heterocycles. The topological polar surface area (TPSA) is 77.5 Å². The number of methoxy groups -OCH3 is 1. The van der Waals surface area contributed by atoms with Crippen molar-refractivity contribution in [2.75, 3.05) is 7.11 Å². The van der Waals surface area contributed by atoms with Crippen LogP contribution in [0.5, 0.6) is 5.75 Å². The van der Waals surface area contributed by atoms with E-state index in [1.165, 1.54) is 6.42 Å². The van der Waals surface area contributed by atoms with Crippen LogP contribution < -0.4 is 15.8 Å². The lowest BCUT2D eigenvalue weighted by Gasteiger charge is -2.28. The summed E-state index contributed by atoms with van der Waals surface area (Å²) in [4.78, 5) is 12.8. The first-order valence-corrected chi connectivity index (χ1v) is 9.12. The third-order valence-electron chi connectivity index (χ3n) is 6.22. The average molecular weight is 379 g/mol. The average Bonchev–Trinajstić information content (AvgIpc) is 3.28. The van der Waals surface area contributed by atoms with Gasteiger partial charge in [-0.1, -0.05) is 0 Å². The molecular formula is C20H27ClN2O3. The first kappa shape index (κ1) is 19.1. The predicted octanol–water partition coefficient (Wildman–Crippen LogP) is 3.72. The lowest BCUT2D eigenvalue weighted by molar-refractivity contribution is -0.127. The maximum absolute atomic E-state index is 12.8. The Kier molecular flexibility index (Phi) is 5.22. The zero-order valence-corrected chi connectivity index (χ0v) is 16.3. The molecule has 2 saturated carbocycles. The summed E-state index contributed by atoms with van der Waals surface area (Å²) in [6, 6.07) is 5.58. The van der Waals surface area contributed by atoms with Gasteiger partial charge in [-0.2, -0.15) is 0 Å². The van der Waals surface area contributed by atoms with Gasteiger partial charge in [0.1, 0.15) is 17.1 Å². The molecule has 2 aliphatic rings. The van der Waals surface area contributed by atoms with E-state index >= 15 is 0 Å². The minimum absolute atomic E-state index is 0. The monoisotopic (exact) mass is 378 g/mol. The van der Waals surface area contributed by atoms with Crippen LogP contribution in [0.3, 0.4) is 0 Å². The quantitative estimate of drug-likeness (QED) is 0.849. The fourth-order valence-electron chi connectivity index (χ4n) is 4.86. The third-order valence-corrected chi connectivity index (χ3v) is 6.22. The van der Waals surface area contributed by atoms with Crippen molar-refractivity contribution in [2.45, 2.75) is 45.2 Å². The van der Waals surface area contributed by atoms with Crippen molar-refractivity contribution >= 4 is 29.3 Å². The molecule has 2 fully saturated rings. The van der Waals surface area contributed by atoms with Gasteiger partial charge in [-0.25, -0.2) is 0 Å². The van der Waals surface area contributed by atoms with Crippen LogP contribution in [0.15, 0.2) is 22.6 Å². The summed E-state index contributed by atoms with van der Waals surface area (Å²) in [5.41, 5.74) is 8.16. The molecule has 1 amide bonds. The first-order valence-electron chi connectivity index (χ1n) is 9.12. The number of benzene rings is 1. The standard InChI is InChI=1S/C20H26N2O3.ClH/c1-10-15-9-14(24-3)6-7-16(15)25-19(10)11(2)22-20(23)17-12-4-5-13(8-12)18(17)21;/h6-7,9,11-13,17-18H,4-5,8,21H2,1-3H3,(H,22,23);1H. The van der Waals surface area contributed by atoms with Gasteiger partial charge >= 0.3 is 0 Å². The van der Waals surface area contributed by atoms with Crippen LogP contribution >= 0.6 is 12.4 Å². The van der Waals surface area contributed by atoms with Crippen LogP contribution in [-0.4, -0.2) is 19.1 Å². The number of hydrogen-bond acceptors (Lipinski definition) is 4. The number of nitrogens with one attached hydrogen (secondary N) is 1. The summed E-state index contributed by atoms with van der Waals surface area (Å²) in [6.45, 7) is 3.99.